The lowest BCUT2D eigenvalue weighted by Crippen LogP contribution is -2.30. The largest absolute Gasteiger partial charge is 0.479 e. The van der Waals surface area contributed by atoms with Crippen LogP contribution in [0.1, 0.15) is 6.92 Å². The minimum absolute atomic E-state index is 0.280. The van der Waals surface area contributed by atoms with Crippen LogP contribution in [0.25, 0.3) is 0 Å². The first-order valence-electron chi connectivity index (χ1n) is 3.92. The minimum Gasteiger partial charge on any atom is -0.479 e. The van der Waals surface area contributed by atoms with E-state index in [1.807, 2.05) is 0 Å². The number of primary amides is 1. The molecule has 0 aromatic heterocycles. The molecule has 0 aliphatic carbocycles. The highest BCUT2D eigenvalue weighted by Gasteiger charge is 2.13. The zero-order valence-corrected chi connectivity index (χ0v) is 8.97. The third-order valence-corrected chi connectivity index (χ3v) is 2.42. The first kappa shape index (κ1) is 11.1. The van der Waals surface area contributed by atoms with Gasteiger partial charge in [0.05, 0.1) is 5.02 Å². The van der Waals surface area contributed by atoms with E-state index in [1.165, 1.54) is 0 Å². The summed E-state index contributed by atoms with van der Waals surface area (Å²) >= 11 is 11.6. The van der Waals surface area contributed by atoms with Gasteiger partial charge in [0.2, 0.25) is 0 Å². The van der Waals surface area contributed by atoms with Crippen LogP contribution in [0, 0.1) is 0 Å². The third kappa shape index (κ3) is 2.53. The monoisotopic (exact) mass is 233 g/mol. The third-order valence-electron chi connectivity index (χ3n) is 1.62. The van der Waals surface area contributed by atoms with Gasteiger partial charge < -0.3 is 10.5 Å². The van der Waals surface area contributed by atoms with Gasteiger partial charge in [-0.3, -0.25) is 4.79 Å². The maximum atomic E-state index is 10.7. The summed E-state index contributed by atoms with van der Waals surface area (Å²) in [5, 5.41) is 0.656. The van der Waals surface area contributed by atoms with E-state index < -0.39 is 12.0 Å². The number of rotatable bonds is 3. The Morgan fingerprint density at radius 3 is 2.71 bits per heavy atom. The van der Waals surface area contributed by atoms with Crippen LogP contribution in [0.5, 0.6) is 5.75 Å². The van der Waals surface area contributed by atoms with Gasteiger partial charge in [-0.05, 0) is 19.1 Å². The molecule has 0 saturated heterocycles. The van der Waals surface area contributed by atoms with E-state index in [9.17, 15) is 4.79 Å². The molecule has 2 N–H and O–H groups in total. The number of carbonyl (C=O) groups is 1. The molecule has 0 bridgehead atoms. The molecule has 0 heterocycles. The van der Waals surface area contributed by atoms with Crippen molar-refractivity contribution in [3.8, 4) is 5.75 Å². The molecule has 0 spiro atoms. The van der Waals surface area contributed by atoms with Crippen LogP contribution >= 0.6 is 23.2 Å². The van der Waals surface area contributed by atoms with Gasteiger partial charge in [0.15, 0.2) is 6.10 Å². The second-order valence-electron chi connectivity index (χ2n) is 2.71. The van der Waals surface area contributed by atoms with Crippen molar-refractivity contribution in [3.63, 3.8) is 0 Å². The molecule has 1 aromatic rings. The Labute approximate surface area is 91.7 Å². The molecule has 5 heteroatoms. The van der Waals surface area contributed by atoms with Gasteiger partial charge in [0.1, 0.15) is 10.8 Å². The summed E-state index contributed by atoms with van der Waals surface area (Å²) in [4.78, 5) is 10.7. The second-order valence-corrected chi connectivity index (χ2v) is 3.50. The number of halogens is 2. The lowest BCUT2D eigenvalue weighted by Gasteiger charge is -2.12. The average molecular weight is 234 g/mol. The van der Waals surface area contributed by atoms with Crippen LogP contribution in [0.4, 0.5) is 0 Å². The first-order valence-corrected chi connectivity index (χ1v) is 4.68. The molecule has 14 heavy (non-hydrogen) atoms. The van der Waals surface area contributed by atoms with Crippen molar-refractivity contribution >= 4 is 29.1 Å². The molecule has 0 aliphatic heterocycles. The molecule has 76 valence electrons. The zero-order chi connectivity index (χ0) is 10.7. The van der Waals surface area contributed by atoms with E-state index in [1.54, 1.807) is 25.1 Å². The van der Waals surface area contributed by atoms with E-state index in [-0.39, 0.29) is 5.02 Å². The van der Waals surface area contributed by atoms with E-state index in [0.717, 1.165) is 0 Å². The van der Waals surface area contributed by atoms with Gasteiger partial charge in [-0.15, -0.1) is 0 Å². The molecule has 1 unspecified atom stereocenters. The summed E-state index contributed by atoms with van der Waals surface area (Å²) in [7, 11) is 0. The van der Waals surface area contributed by atoms with Crippen molar-refractivity contribution in [1.82, 2.24) is 0 Å². The Balaban J connectivity index is 2.87. The number of hydrogen-bond acceptors (Lipinski definition) is 2. The molecule has 1 rings (SSSR count). The normalized spacial score (nSPS) is 12.2. The number of ether oxygens (including phenoxy) is 1. The summed E-state index contributed by atoms with van der Waals surface area (Å²) in [5.74, 6) is -0.202. The van der Waals surface area contributed by atoms with Crippen molar-refractivity contribution in [1.29, 1.82) is 0 Å². The maximum absolute atomic E-state index is 10.7. The molecular formula is C9H9Cl2NO2. The fourth-order valence-electron chi connectivity index (χ4n) is 0.824. The standard InChI is InChI=1S/C9H9Cl2NO2/c1-5(9(12)13)14-7-4-2-3-6(10)8(7)11/h2-5H,1H3,(H2,12,13). The Morgan fingerprint density at radius 2 is 2.14 bits per heavy atom. The Morgan fingerprint density at radius 1 is 1.50 bits per heavy atom. The summed E-state index contributed by atoms with van der Waals surface area (Å²) in [6.07, 6.45) is -0.731. The van der Waals surface area contributed by atoms with Gasteiger partial charge in [-0.25, -0.2) is 0 Å². The van der Waals surface area contributed by atoms with Crippen LogP contribution in [0.3, 0.4) is 0 Å². The molecule has 1 amide bonds. The van der Waals surface area contributed by atoms with Gasteiger partial charge in [-0.1, -0.05) is 29.3 Å². The van der Waals surface area contributed by atoms with Crippen molar-refractivity contribution < 1.29 is 9.53 Å². The molecule has 0 radical (unpaired) electrons. The number of amides is 1. The number of nitrogens with two attached hydrogens (primary N) is 1. The van der Waals surface area contributed by atoms with Crippen molar-refractivity contribution in [3.05, 3.63) is 28.2 Å². The Bertz CT molecular complexity index is 355. The van der Waals surface area contributed by atoms with E-state index >= 15 is 0 Å². The van der Waals surface area contributed by atoms with E-state index in [0.29, 0.717) is 10.8 Å². The molecule has 0 fully saturated rings. The molecule has 3 nitrogen and oxygen atoms in total. The fraction of sp³-hybridized carbons (Fsp3) is 0.222. The molecule has 1 aromatic carbocycles. The topological polar surface area (TPSA) is 52.3 Å². The predicted octanol–water partition coefficient (Wildman–Crippen LogP) is 2.25. The van der Waals surface area contributed by atoms with Crippen LogP contribution in [0.2, 0.25) is 10.0 Å². The Hall–Kier alpha value is -0.930. The van der Waals surface area contributed by atoms with Gasteiger partial charge >= 0.3 is 0 Å². The first-order chi connectivity index (χ1) is 6.52. The van der Waals surface area contributed by atoms with Crippen molar-refractivity contribution in [2.75, 3.05) is 0 Å². The van der Waals surface area contributed by atoms with Gasteiger partial charge in [0.25, 0.3) is 5.91 Å². The van der Waals surface area contributed by atoms with Crippen LogP contribution in [-0.2, 0) is 4.79 Å². The lowest BCUT2D eigenvalue weighted by molar-refractivity contribution is -0.123. The van der Waals surface area contributed by atoms with Crippen molar-refractivity contribution in [2.45, 2.75) is 13.0 Å². The summed E-state index contributed by atoms with van der Waals surface area (Å²) in [5.41, 5.74) is 5.03. The molecule has 1 atom stereocenters. The molecular weight excluding hydrogens is 225 g/mol. The highest BCUT2D eigenvalue weighted by atomic mass is 35.5. The quantitative estimate of drug-likeness (QED) is 0.871. The summed E-state index contributed by atoms with van der Waals surface area (Å²) in [6, 6.07) is 4.93. The lowest BCUT2D eigenvalue weighted by atomic mass is 10.3. The number of hydrogen-bond donors (Lipinski definition) is 1. The zero-order valence-electron chi connectivity index (χ0n) is 7.46. The van der Waals surface area contributed by atoms with Crippen LogP contribution in [-0.4, -0.2) is 12.0 Å². The molecule has 0 saturated carbocycles. The predicted molar refractivity (Wildman–Crippen MR) is 55.7 cm³/mol. The summed E-state index contributed by atoms with van der Waals surface area (Å²) < 4.78 is 5.20. The van der Waals surface area contributed by atoms with Gasteiger partial charge in [-0.2, -0.15) is 0 Å². The Kier molecular flexibility index (Phi) is 3.61. The average Bonchev–Trinajstić information content (AvgIpc) is 2.12. The van der Waals surface area contributed by atoms with Crippen LogP contribution < -0.4 is 10.5 Å². The number of carbonyl (C=O) groups excluding carboxylic acids is 1. The maximum Gasteiger partial charge on any atom is 0.258 e. The summed E-state index contributed by atoms with van der Waals surface area (Å²) in [6.45, 7) is 1.54. The van der Waals surface area contributed by atoms with Crippen LogP contribution in [0.15, 0.2) is 18.2 Å². The van der Waals surface area contributed by atoms with E-state index in [2.05, 4.69) is 0 Å². The number of benzene rings is 1. The highest BCUT2D eigenvalue weighted by Crippen LogP contribution is 2.31. The molecule has 0 aliphatic rings. The van der Waals surface area contributed by atoms with E-state index in [4.69, 9.17) is 33.7 Å². The van der Waals surface area contributed by atoms with Gasteiger partial charge in [0, 0.05) is 0 Å². The second kappa shape index (κ2) is 4.53. The minimum atomic E-state index is -0.731. The van der Waals surface area contributed by atoms with Crippen molar-refractivity contribution in [2.24, 2.45) is 5.73 Å². The smallest absolute Gasteiger partial charge is 0.258 e. The fourth-order valence-corrected chi connectivity index (χ4v) is 1.16. The highest BCUT2D eigenvalue weighted by molar-refractivity contribution is 6.42. The SMILES string of the molecule is CC(Oc1cccc(Cl)c1Cl)C(N)=O.